The minimum Gasteiger partial charge on any atom is -0.457 e. The predicted molar refractivity (Wildman–Crippen MR) is 267 cm³/mol. The van der Waals surface area contributed by atoms with Crippen LogP contribution in [-0.2, 0) is 27.9 Å². The number of esters is 1. The van der Waals surface area contributed by atoms with E-state index >= 15 is 0 Å². The Bertz CT molecular complexity index is 1360. The van der Waals surface area contributed by atoms with Crippen molar-refractivity contribution in [1.82, 2.24) is 0 Å². The van der Waals surface area contributed by atoms with Gasteiger partial charge in [-0.05, 0) is 83.5 Å². The summed E-state index contributed by atoms with van der Waals surface area (Å²) < 4.78 is 34.3. The number of ether oxygens (including phenoxy) is 2. The Balaban J connectivity index is 2.36. The summed E-state index contributed by atoms with van der Waals surface area (Å²) in [4.78, 5) is 23.3. The lowest BCUT2D eigenvalue weighted by molar-refractivity contribution is -0.220. The first-order chi connectivity index (χ1) is 32.0. The summed E-state index contributed by atoms with van der Waals surface area (Å²) in [6, 6.07) is 0. The van der Waals surface area contributed by atoms with Gasteiger partial charge in [-0.3, -0.25) is 13.8 Å². The molecule has 12 nitrogen and oxygen atoms in total. The first-order valence-corrected chi connectivity index (χ1v) is 27.3. The van der Waals surface area contributed by atoms with Crippen LogP contribution in [0.3, 0.4) is 0 Å². The number of allylic oxidation sites excluding steroid dienone is 12. The van der Waals surface area contributed by atoms with Crippen LogP contribution in [0.25, 0.3) is 0 Å². The quantitative estimate of drug-likeness (QED) is 0.0147. The van der Waals surface area contributed by atoms with E-state index < -0.39 is 63.1 Å². The fourth-order valence-corrected chi connectivity index (χ4v) is 8.47. The van der Waals surface area contributed by atoms with E-state index in [9.17, 15) is 39.8 Å². The van der Waals surface area contributed by atoms with Crippen LogP contribution >= 0.6 is 7.82 Å². The standard InChI is InChI=1S/C53H93O12P/c1-3-5-7-9-11-13-15-17-19-21-23-24-25-26-28-30-32-34-36-38-40-42-47(54)64-46(45-63-66(60,61)65-53-51(58)49(56)48(55)50(57)52(53)59)44-62-43-41-39-37-35-33-31-29-27-22-20-18-16-14-12-10-8-6-4-2/h6,8,12,14-15,17-18,20-21,23,27,29,46,48-53,55-59H,3-5,7,9-11,13,16,19,22,24-26,28,30-45H2,1-2H3,(H,60,61)/b8-6-,14-12-,17-15-,20-18-,23-21-,29-27-. The van der Waals surface area contributed by atoms with Crippen molar-refractivity contribution in [1.29, 1.82) is 0 Å². The molecule has 0 spiro atoms. The molecular formula is C53H93O12P. The summed E-state index contributed by atoms with van der Waals surface area (Å²) in [6.45, 7) is 4.10. The number of aliphatic hydroxyl groups is 5. The first kappa shape index (κ1) is 61.8. The fraction of sp³-hybridized carbons (Fsp3) is 0.755. The second-order valence-corrected chi connectivity index (χ2v) is 19.0. The van der Waals surface area contributed by atoms with Crippen LogP contribution in [0.4, 0.5) is 0 Å². The third kappa shape index (κ3) is 34.1. The number of hydrogen-bond donors (Lipinski definition) is 6. The number of carbonyl (C=O) groups is 1. The summed E-state index contributed by atoms with van der Waals surface area (Å²) in [7, 11) is -5.03. The molecule has 1 aliphatic carbocycles. The Labute approximate surface area is 400 Å². The van der Waals surface area contributed by atoms with Gasteiger partial charge in [0, 0.05) is 13.0 Å². The van der Waals surface area contributed by atoms with Gasteiger partial charge in [0.15, 0.2) is 0 Å². The normalized spacial score (nSPS) is 22.0. The summed E-state index contributed by atoms with van der Waals surface area (Å²) in [5, 5.41) is 50.3. The highest BCUT2D eigenvalue weighted by Crippen LogP contribution is 2.47. The molecule has 6 unspecified atom stereocenters. The molecule has 382 valence electrons. The zero-order valence-corrected chi connectivity index (χ0v) is 41.9. The van der Waals surface area contributed by atoms with Gasteiger partial charge in [0.1, 0.15) is 42.7 Å². The maximum absolute atomic E-state index is 12.9. The average molecular weight is 953 g/mol. The van der Waals surface area contributed by atoms with E-state index in [4.69, 9.17) is 18.5 Å². The lowest BCUT2D eigenvalue weighted by atomic mass is 9.85. The summed E-state index contributed by atoms with van der Waals surface area (Å²) in [5.74, 6) is -0.490. The first-order valence-electron chi connectivity index (χ1n) is 25.8. The number of phosphoric ester groups is 1. The van der Waals surface area contributed by atoms with Crippen molar-refractivity contribution in [3.8, 4) is 0 Å². The minimum atomic E-state index is -5.03. The van der Waals surface area contributed by atoms with E-state index in [1.165, 1.54) is 70.6 Å². The third-order valence-electron chi connectivity index (χ3n) is 11.6. The lowest BCUT2D eigenvalue weighted by Crippen LogP contribution is -2.64. The van der Waals surface area contributed by atoms with Crippen molar-refractivity contribution < 1.29 is 58.3 Å². The fourth-order valence-electron chi connectivity index (χ4n) is 7.49. The van der Waals surface area contributed by atoms with Gasteiger partial charge in [-0.25, -0.2) is 4.57 Å². The summed E-state index contributed by atoms with van der Waals surface area (Å²) >= 11 is 0. The van der Waals surface area contributed by atoms with Crippen molar-refractivity contribution in [2.45, 2.75) is 236 Å². The molecule has 1 aliphatic rings. The zero-order chi connectivity index (χ0) is 48.4. The molecule has 0 aromatic carbocycles. The molecule has 0 bridgehead atoms. The average Bonchev–Trinajstić information content (AvgIpc) is 3.30. The van der Waals surface area contributed by atoms with E-state index in [-0.39, 0.29) is 13.0 Å². The Morgan fingerprint density at radius 2 is 0.894 bits per heavy atom. The third-order valence-corrected chi connectivity index (χ3v) is 12.5. The molecule has 0 heterocycles. The van der Waals surface area contributed by atoms with Gasteiger partial charge in [-0.1, -0.05) is 177 Å². The second kappa shape index (κ2) is 42.8. The van der Waals surface area contributed by atoms with Crippen molar-refractivity contribution >= 4 is 13.8 Å². The molecule has 0 amide bonds. The van der Waals surface area contributed by atoms with E-state index in [2.05, 4.69) is 86.8 Å². The molecule has 6 N–H and O–H groups in total. The van der Waals surface area contributed by atoms with Gasteiger partial charge < -0.3 is 39.9 Å². The summed E-state index contributed by atoms with van der Waals surface area (Å²) in [5.41, 5.74) is 0. The molecule has 1 rings (SSSR count). The van der Waals surface area contributed by atoms with Crippen LogP contribution < -0.4 is 0 Å². The highest BCUT2D eigenvalue weighted by Gasteiger charge is 2.51. The van der Waals surface area contributed by atoms with E-state index in [1.54, 1.807) is 0 Å². The van der Waals surface area contributed by atoms with Crippen molar-refractivity contribution in [3.63, 3.8) is 0 Å². The maximum atomic E-state index is 12.9. The van der Waals surface area contributed by atoms with E-state index in [1.807, 2.05) is 0 Å². The highest BCUT2D eigenvalue weighted by atomic mass is 31.2. The Morgan fingerprint density at radius 1 is 0.500 bits per heavy atom. The van der Waals surface area contributed by atoms with Gasteiger partial charge >= 0.3 is 13.8 Å². The van der Waals surface area contributed by atoms with Crippen LogP contribution in [-0.4, -0.2) is 98.9 Å². The van der Waals surface area contributed by atoms with Gasteiger partial charge in [0.25, 0.3) is 0 Å². The Morgan fingerprint density at radius 3 is 1.36 bits per heavy atom. The number of unbranched alkanes of at least 4 members (excludes halogenated alkanes) is 19. The van der Waals surface area contributed by atoms with Gasteiger partial charge in [0.2, 0.25) is 0 Å². The topological polar surface area (TPSA) is 192 Å². The molecule has 0 radical (unpaired) electrons. The lowest BCUT2D eigenvalue weighted by Gasteiger charge is -2.41. The van der Waals surface area contributed by atoms with Crippen molar-refractivity contribution in [2.75, 3.05) is 19.8 Å². The van der Waals surface area contributed by atoms with Crippen LogP contribution in [0.1, 0.15) is 194 Å². The van der Waals surface area contributed by atoms with E-state index in [0.717, 1.165) is 96.3 Å². The number of rotatable bonds is 43. The second-order valence-electron chi connectivity index (χ2n) is 17.6. The zero-order valence-electron chi connectivity index (χ0n) is 41.0. The van der Waals surface area contributed by atoms with Crippen molar-refractivity contribution in [3.05, 3.63) is 72.9 Å². The van der Waals surface area contributed by atoms with E-state index in [0.29, 0.717) is 13.0 Å². The van der Waals surface area contributed by atoms with Gasteiger partial charge in [-0.15, -0.1) is 0 Å². The number of aliphatic hydroxyl groups excluding tert-OH is 5. The molecule has 13 heteroatoms. The van der Waals surface area contributed by atoms with Gasteiger partial charge in [0.05, 0.1) is 13.2 Å². The van der Waals surface area contributed by atoms with Gasteiger partial charge in [-0.2, -0.15) is 0 Å². The van der Waals surface area contributed by atoms with Crippen LogP contribution in [0.15, 0.2) is 72.9 Å². The largest absolute Gasteiger partial charge is 0.472 e. The van der Waals surface area contributed by atoms with Crippen molar-refractivity contribution in [2.24, 2.45) is 0 Å². The van der Waals surface area contributed by atoms with Crippen LogP contribution in [0, 0.1) is 0 Å². The Hall–Kier alpha value is -2.22. The molecule has 1 saturated carbocycles. The minimum absolute atomic E-state index is 0.0944. The smallest absolute Gasteiger partial charge is 0.457 e. The number of phosphoric acid groups is 1. The number of hydrogen-bond acceptors (Lipinski definition) is 11. The van der Waals surface area contributed by atoms with Crippen LogP contribution in [0.5, 0.6) is 0 Å². The SMILES string of the molecule is CC/C=C\C/C=C\C/C=C\C/C=C\CCCCCCCOCC(COP(=O)(O)OC1C(O)C(O)C(O)C(O)C1O)OC(=O)CCCCCCCCCCC/C=C\C/C=C\CCCCCCC. The molecule has 0 saturated heterocycles. The summed E-state index contributed by atoms with van der Waals surface area (Å²) in [6.07, 6.45) is 43.9. The molecule has 0 aromatic rings. The molecule has 1 fully saturated rings. The monoisotopic (exact) mass is 953 g/mol. The maximum Gasteiger partial charge on any atom is 0.472 e. The predicted octanol–water partition coefficient (Wildman–Crippen LogP) is 11.5. The highest BCUT2D eigenvalue weighted by molar-refractivity contribution is 7.47. The molecule has 0 aliphatic heterocycles. The number of carbonyl (C=O) groups excluding carboxylic acids is 1. The Kier molecular flexibility index (Phi) is 40.1. The van der Waals surface area contributed by atoms with Crippen LogP contribution in [0.2, 0.25) is 0 Å². The molecule has 6 atom stereocenters. The molecule has 0 aromatic heterocycles. The molecular weight excluding hydrogens is 860 g/mol. The molecule has 66 heavy (non-hydrogen) atoms.